The zero-order valence-corrected chi connectivity index (χ0v) is 21.0. The van der Waals surface area contributed by atoms with Gasteiger partial charge < -0.3 is 19.9 Å². The Kier molecular flexibility index (Phi) is 6.76. The molecule has 8 heteroatoms. The van der Waals surface area contributed by atoms with Crippen molar-refractivity contribution >= 4 is 50.1 Å². The SMILES string of the molecule is COC(=O)c1[nH]c2ccc(Br)cc2c1NC(=O)[C@@H](C)N1CCN(c2cccc(C)c2C)CC1. The smallest absolute Gasteiger partial charge is 0.356 e. The van der Waals surface area contributed by atoms with Gasteiger partial charge in [-0.05, 0) is 56.2 Å². The molecule has 2 heterocycles. The second kappa shape index (κ2) is 9.57. The highest BCUT2D eigenvalue weighted by molar-refractivity contribution is 9.10. The molecule has 0 aliphatic carbocycles. The molecule has 7 nitrogen and oxygen atoms in total. The minimum absolute atomic E-state index is 0.152. The molecule has 3 aromatic rings. The van der Waals surface area contributed by atoms with E-state index in [4.69, 9.17) is 4.74 Å². The van der Waals surface area contributed by atoms with Crippen LogP contribution in [0.5, 0.6) is 0 Å². The van der Waals surface area contributed by atoms with Crippen LogP contribution in [0.4, 0.5) is 11.4 Å². The number of rotatable bonds is 5. The Morgan fingerprint density at radius 2 is 1.85 bits per heavy atom. The van der Waals surface area contributed by atoms with Crippen LogP contribution in [0.1, 0.15) is 28.5 Å². The first-order valence-electron chi connectivity index (χ1n) is 11.1. The highest BCUT2D eigenvalue weighted by atomic mass is 79.9. The number of carbonyl (C=O) groups excluding carboxylic acids is 2. The largest absolute Gasteiger partial charge is 0.464 e. The number of amides is 1. The Labute approximate surface area is 202 Å². The second-order valence-electron chi connectivity index (χ2n) is 8.46. The highest BCUT2D eigenvalue weighted by Crippen LogP contribution is 2.31. The molecule has 0 bridgehead atoms. The summed E-state index contributed by atoms with van der Waals surface area (Å²) in [6, 6.07) is 11.7. The van der Waals surface area contributed by atoms with Gasteiger partial charge in [0, 0.05) is 47.2 Å². The number of esters is 1. The summed E-state index contributed by atoms with van der Waals surface area (Å²) in [6.07, 6.45) is 0. The van der Waals surface area contributed by atoms with Crippen molar-refractivity contribution in [3.63, 3.8) is 0 Å². The van der Waals surface area contributed by atoms with E-state index in [0.717, 1.165) is 41.6 Å². The number of benzene rings is 2. The van der Waals surface area contributed by atoms with Crippen LogP contribution in [0.2, 0.25) is 0 Å². The number of aromatic nitrogens is 1. The Hall–Kier alpha value is -2.84. The minimum Gasteiger partial charge on any atom is -0.464 e. The summed E-state index contributed by atoms with van der Waals surface area (Å²) in [7, 11) is 1.33. The maximum absolute atomic E-state index is 13.2. The average Bonchev–Trinajstić information content (AvgIpc) is 3.17. The summed E-state index contributed by atoms with van der Waals surface area (Å²) in [5.41, 5.74) is 5.30. The van der Waals surface area contributed by atoms with E-state index in [1.807, 2.05) is 25.1 Å². The Bertz CT molecular complexity index is 1200. The molecule has 2 N–H and O–H groups in total. The van der Waals surface area contributed by atoms with Crippen molar-refractivity contribution in [3.05, 3.63) is 57.7 Å². The molecule has 1 atom stereocenters. The number of nitrogens with zero attached hydrogens (tertiary/aromatic N) is 2. The Balaban J connectivity index is 1.49. The monoisotopic (exact) mass is 512 g/mol. The Morgan fingerprint density at radius 1 is 1.12 bits per heavy atom. The fourth-order valence-electron chi connectivity index (χ4n) is 4.37. The first-order valence-corrected chi connectivity index (χ1v) is 11.8. The van der Waals surface area contributed by atoms with Gasteiger partial charge in [-0.25, -0.2) is 4.79 Å². The molecule has 1 aliphatic heterocycles. The lowest BCUT2D eigenvalue weighted by atomic mass is 10.1. The molecule has 1 fully saturated rings. The number of halogens is 1. The molecule has 174 valence electrons. The Morgan fingerprint density at radius 3 is 2.55 bits per heavy atom. The van der Waals surface area contributed by atoms with Crippen LogP contribution < -0.4 is 10.2 Å². The minimum atomic E-state index is -0.521. The van der Waals surface area contributed by atoms with Gasteiger partial charge in [0.05, 0.1) is 18.8 Å². The van der Waals surface area contributed by atoms with E-state index < -0.39 is 5.97 Å². The van der Waals surface area contributed by atoms with E-state index in [-0.39, 0.29) is 17.6 Å². The number of nitrogens with one attached hydrogen (secondary N) is 2. The number of H-pyrrole nitrogens is 1. The zero-order valence-electron chi connectivity index (χ0n) is 19.4. The van der Waals surface area contributed by atoms with Crippen molar-refractivity contribution in [2.75, 3.05) is 43.5 Å². The van der Waals surface area contributed by atoms with Crippen molar-refractivity contribution < 1.29 is 14.3 Å². The number of aryl methyl sites for hydroxylation is 1. The summed E-state index contributed by atoms with van der Waals surface area (Å²) >= 11 is 3.47. The molecule has 1 amide bonds. The number of hydrogen-bond donors (Lipinski definition) is 2. The molecule has 0 radical (unpaired) electrons. The van der Waals surface area contributed by atoms with E-state index in [2.05, 4.69) is 68.1 Å². The van der Waals surface area contributed by atoms with Crippen molar-refractivity contribution in [1.82, 2.24) is 9.88 Å². The van der Waals surface area contributed by atoms with Crippen molar-refractivity contribution in [1.29, 1.82) is 0 Å². The molecule has 1 aromatic heterocycles. The topological polar surface area (TPSA) is 77.7 Å². The lowest BCUT2D eigenvalue weighted by Crippen LogP contribution is -2.53. The molecule has 1 aliphatic rings. The number of anilines is 2. The molecular weight excluding hydrogens is 484 g/mol. The number of fused-ring (bicyclic) bond motifs is 1. The zero-order chi connectivity index (χ0) is 23.7. The van der Waals surface area contributed by atoms with Crippen LogP contribution in [-0.4, -0.2) is 61.1 Å². The van der Waals surface area contributed by atoms with Gasteiger partial charge in [0.25, 0.3) is 0 Å². The summed E-state index contributed by atoms with van der Waals surface area (Å²) in [6.45, 7) is 9.48. The fraction of sp³-hybridized carbons (Fsp3) is 0.360. The summed E-state index contributed by atoms with van der Waals surface area (Å²) in [5, 5.41) is 3.74. The standard InChI is InChI=1S/C25H29BrN4O3/c1-15-6-5-7-21(16(15)2)30-12-10-29(11-13-30)17(3)24(31)28-22-19-14-18(26)8-9-20(19)27-23(22)25(32)33-4/h5-9,14,17,27H,10-13H2,1-4H3,(H,28,31)/t17-/m1/s1. The quantitative estimate of drug-likeness (QED) is 0.492. The van der Waals surface area contributed by atoms with Gasteiger partial charge in [0.1, 0.15) is 5.69 Å². The summed E-state index contributed by atoms with van der Waals surface area (Å²) < 4.78 is 5.78. The first-order chi connectivity index (χ1) is 15.8. The van der Waals surface area contributed by atoms with Crippen molar-refractivity contribution in [3.8, 4) is 0 Å². The van der Waals surface area contributed by atoms with E-state index >= 15 is 0 Å². The number of piperazine rings is 1. The molecule has 2 aromatic carbocycles. The molecule has 33 heavy (non-hydrogen) atoms. The molecule has 4 rings (SSSR count). The van der Waals surface area contributed by atoms with Crippen LogP contribution in [0, 0.1) is 13.8 Å². The van der Waals surface area contributed by atoms with Crippen molar-refractivity contribution in [2.45, 2.75) is 26.8 Å². The lowest BCUT2D eigenvalue weighted by Gasteiger charge is -2.39. The number of aromatic amines is 1. The van der Waals surface area contributed by atoms with E-state index in [1.54, 1.807) is 0 Å². The van der Waals surface area contributed by atoms with Crippen LogP contribution in [0.15, 0.2) is 40.9 Å². The third kappa shape index (κ3) is 4.63. The summed E-state index contributed by atoms with van der Waals surface area (Å²) in [4.78, 5) is 33.2. The highest BCUT2D eigenvalue weighted by Gasteiger charge is 2.28. The first kappa shape index (κ1) is 23.3. The maximum atomic E-state index is 13.2. The number of hydrogen-bond acceptors (Lipinski definition) is 5. The third-order valence-corrected chi connectivity index (χ3v) is 7.05. The predicted molar refractivity (Wildman–Crippen MR) is 135 cm³/mol. The number of ether oxygens (including phenoxy) is 1. The van der Waals surface area contributed by atoms with Gasteiger partial charge in [-0.2, -0.15) is 0 Å². The van der Waals surface area contributed by atoms with Gasteiger partial charge in [-0.15, -0.1) is 0 Å². The molecule has 0 saturated carbocycles. The number of methoxy groups -OCH3 is 1. The molecule has 0 spiro atoms. The fourth-order valence-corrected chi connectivity index (χ4v) is 4.73. The summed E-state index contributed by atoms with van der Waals surface area (Å²) in [5.74, 6) is -0.673. The van der Waals surface area contributed by atoms with Crippen LogP contribution in [0.3, 0.4) is 0 Å². The van der Waals surface area contributed by atoms with E-state index in [0.29, 0.717) is 5.69 Å². The van der Waals surface area contributed by atoms with Crippen LogP contribution >= 0.6 is 15.9 Å². The molecule has 0 unspecified atom stereocenters. The molecule has 1 saturated heterocycles. The lowest BCUT2D eigenvalue weighted by molar-refractivity contribution is -0.120. The van der Waals surface area contributed by atoms with Crippen LogP contribution in [0.25, 0.3) is 10.9 Å². The van der Waals surface area contributed by atoms with Gasteiger partial charge in [-0.1, -0.05) is 28.1 Å². The number of carbonyl (C=O) groups is 2. The van der Waals surface area contributed by atoms with Gasteiger partial charge in [0.15, 0.2) is 0 Å². The molecular formula is C25H29BrN4O3. The van der Waals surface area contributed by atoms with Crippen molar-refractivity contribution in [2.24, 2.45) is 0 Å². The van der Waals surface area contributed by atoms with E-state index in [1.165, 1.54) is 23.9 Å². The van der Waals surface area contributed by atoms with Gasteiger partial charge in [-0.3, -0.25) is 9.69 Å². The average molecular weight is 513 g/mol. The predicted octanol–water partition coefficient (Wildman–Crippen LogP) is 4.48. The third-order valence-electron chi connectivity index (χ3n) is 6.56. The van der Waals surface area contributed by atoms with E-state index in [9.17, 15) is 9.59 Å². The normalized spacial score (nSPS) is 15.5. The van der Waals surface area contributed by atoms with Gasteiger partial charge in [0.2, 0.25) is 5.91 Å². The van der Waals surface area contributed by atoms with Gasteiger partial charge >= 0.3 is 5.97 Å². The van der Waals surface area contributed by atoms with Crippen LogP contribution in [-0.2, 0) is 9.53 Å². The maximum Gasteiger partial charge on any atom is 0.356 e. The second-order valence-corrected chi connectivity index (χ2v) is 9.38.